The van der Waals surface area contributed by atoms with E-state index in [1.54, 1.807) is 22.6 Å². The molecule has 0 saturated carbocycles. The molecule has 0 atom stereocenters. The van der Waals surface area contributed by atoms with Gasteiger partial charge in [0, 0.05) is 0 Å². The molecule has 7 heteroatoms. The van der Waals surface area contributed by atoms with Crippen LogP contribution < -0.4 is 4.74 Å². The van der Waals surface area contributed by atoms with Crippen molar-refractivity contribution in [2.45, 2.75) is 6.36 Å². The number of hydrogen-bond donors (Lipinski definition) is 0. The summed E-state index contributed by atoms with van der Waals surface area (Å²) in [6, 6.07) is 3.96. The molecule has 1 aromatic carbocycles. The van der Waals surface area contributed by atoms with E-state index in [1.165, 1.54) is 18.2 Å². The highest BCUT2D eigenvalue weighted by Crippen LogP contribution is 2.31. The minimum absolute atomic E-state index is 0.163. The van der Waals surface area contributed by atoms with Gasteiger partial charge in [-0.2, -0.15) is 0 Å². The summed E-state index contributed by atoms with van der Waals surface area (Å²) in [5.41, 5.74) is -0.305. The first-order chi connectivity index (χ1) is 6.81. The van der Waals surface area contributed by atoms with Crippen molar-refractivity contribution < 1.29 is 22.7 Å². The average Bonchev–Trinajstić information content (AvgIpc) is 2.05. The second kappa shape index (κ2) is 4.56. The standard InChI is InChI=1S/C8H3ClF3IO2/c9-7(14)4-2-1-3-5(13)6(4)15-8(10,11)12/h1-3H. The normalized spacial score (nSPS) is 11.3. The molecule has 1 rings (SSSR count). The maximum absolute atomic E-state index is 12.0. The number of carbonyl (C=O) groups excluding carboxylic acids is 1. The van der Waals surface area contributed by atoms with Crippen LogP contribution in [0.15, 0.2) is 18.2 Å². The van der Waals surface area contributed by atoms with Crippen LogP contribution in [0.1, 0.15) is 10.4 Å². The van der Waals surface area contributed by atoms with Crippen LogP contribution in [0.3, 0.4) is 0 Å². The lowest BCUT2D eigenvalue weighted by atomic mass is 10.2. The molecule has 0 N–H and O–H groups in total. The Labute approximate surface area is 101 Å². The number of hydrogen-bond acceptors (Lipinski definition) is 2. The molecule has 15 heavy (non-hydrogen) atoms. The van der Waals surface area contributed by atoms with Crippen molar-refractivity contribution >= 4 is 39.4 Å². The van der Waals surface area contributed by atoms with Crippen molar-refractivity contribution in [2.75, 3.05) is 0 Å². The number of alkyl halides is 3. The summed E-state index contributed by atoms with van der Waals surface area (Å²) in [7, 11) is 0. The smallest absolute Gasteiger partial charge is 0.404 e. The maximum Gasteiger partial charge on any atom is 0.573 e. The van der Waals surface area contributed by atoms with Gasteiger partial charge in [-0.15, -0.1) is 13.2 Å². The molecular formula is C8H3ClF3IO2. The van der Waals surface area contributed by atoms with E-state index in [0.29, 0.717) is 0 Å². The zero-order valence-corrected chi connectivity index (χ0v) is 9.85. The van der Waals surface area contributed by atoms with E-state index in [-0.39, 0.29) is 9.13 Å². The molecule has 0 aliphatic heterocycles. The van der Waals surface area contributed by atoms with Crippen molar-refractivity contribution in [3.63, 3.8) is 0 Å². The van der Waals surface area contributed by atoms with Gasteiger partial charge >= 0.3 is 6.36 Å². The van der Waals surface area contributed by atoms with E-state index < -0.39 is 17.4 Å². The zero-order valence-electron chi connectivity index (χ0n) is 6.94. The van der Waals surface area contributed by atoms with Crippen molar-refractivity contribution in [3.8, 4) is 5.75 Å². The Balaban J connectivity index is 3.19. The number of benzene rings is 1. The minimum Gasteiger partial charge on any atom is -0.404 e. The molecule has 82 valence electrons. The molecule has 0 unspecified atom stereocenters. The number of halogens is 5. The van der Waals surface area contributed by atoms with Crippen molar-refractivity contribution in [3.05, 3.63) is 27.3 Å². The third kappa shape index (κ3) is 3.53. The Morgan fingerprint density at radius 2 is 2.00 bits per heavy atom. The number of rotatable bonds is 2. The summed E-state index contributed by atoms with van der Waals surface area (Å²) in [5.74, 6) is -0.564. The van der Waals surface area contributed by atoms with Gasteiger partial charge in [-0.3, -0.25) is 4.79 Å². The largest absolute Gasteiger partial charge is 0.573 e. The number of para-hydroxylation sites is 1. The van der Waals surface area contributed by atoms with Crippen LogP contribution in [0.25, 0.3) is 0 Å². The van der Waals surface area contributed by atoms with Crippen molar-refractivity contribution in [2.24, 2.45) is 0 Å². The van der Waals surface area contributed by atoms with Gasteiger partial charge in [-0.05, 0) is 46.3 Å². The van der Waals surface area contributed by atoms with Crippen molar-refractivity contribution in [1.29, 1.82) is 0 Å². The van der Waals surface area contributed by atoms with Crippen LogP contribution in [0.4, 0.5) is 13.2 Å². The molecule has 2 nitrogen and oxygen atoms in total. The summed E-state index contributed by atoms with van der Waals surface area (Å²) < 4.78 is 39.8. The Kier molecular flexibility index (Phi) is 3.82. The quantitative estimate of drug-likeness (QED) is 0.602. The van der Waals surface area contributed by atoms with Crippen LogP contribution in [0, 0.1) is 3.57 Å². The molecule has 1 aromatic rings. The fraction of sp³-hybridized carbons (Fsp3) is 0.125. The summed E-state index contributed by atoms with van der Waals surface area (Å²) >= 11 is 6.74. The van der Waals surface area contributed by atoms with Gasteiger partial charge in [0.2, 0.25) is 0 Å². The van der Waals surface area contributed by atoms with Gasteiger partial charge in [-0.1, -0.05) is 6.07 Å². The van der Waals surface area contributed by atoms with Crippen LogP contribution in [-0.4, -0.2) is 11.6 Å². The van der Waals surface area contributed by atoms with Crippen LogP contribution in [-0.2, 0) is 0 Å². The third-order valence-corrected chi connectivity index (χ3v) is 2.45. The lowest BCUT2D eigenvalue weighted by molar-refractivity contribution is -0.275. The molecule has 0 bridgehead atoms. The van der Waals surface area contributed by atoms with Gasteiger partial charge in [0.1, 0.15) is 0 Å². The molecule has 0 radical (unpaired) electrons. The first kappa shape index (κ1) is 12.6. The highest BCUT2D eigenvalue weighted by Gasteiger charge is 2.33. The van der Waals surface area contributed by atoms with Gasteiger partial charge in [0.15, 0.2) is 5.75 Å². The molecule has 0 fully saturated rings. The molecule has 0 aliphatic rings. The molecule has 0 spiro atoms. The van der Waals surface area contributed by atoms with Crippen LogP contribution in [0.2, 0.25) is 0 Å². The minimum atomic E-state index is -4.84. The number of carbonyl (C=O) groups is 1. The number of ether oxygens (including phenoxy) is 1. The Bertz CT molecular complexity index is 392. The highest BCUT2D eigenvalue weighted by molar-refractivity contribution is 14.1. The van der Waals surface area contributed by atoms with Gasteiger partial charge < -0.3 is 4.74 Å². The second-order valence-electron chi connectivity index (χ2n) is 2.44. The van der Waals surface area contributed by atoms with E-state index >= 15 is 0 Å². The van der Waals surface area contributed by atoms with E-state index in [1.807, 2.05) is 0 Å². The predicted octanol–water partition coefficient (Wildman–Crippen LogP) is 3.57. The van der Waals surface area contributed by atoms with Crippen molar-refractivity contribution in [1.82, 2.24) is 0 Å². The first-order valence-corrected chi connectivity index (χ1v) is 5.01. The maximum atomic E-state index is 12.0. The van der Waals surface area contributed by atoms with Crippen LogP contribution in [0.5, 0.6) is 5.75 Å². The Morgan fingerprint density at radius 1 is 1.40 bits per heavy atom. The Hall–Kier alpha value is -0.500. The van der Waals surface area contributed by atoms with Gasteiger partial charge in [-0.25, -0.2) is 0 Å². The molecular weight excluding hydrogens is 347 g/mol. The fourth-order valence-corrected chi connectivity index (χ4v) is 1.64. The topological polar surface area (TPSA) is 26.3 Å². The first-order valence-electron chi connectivity index (χ1n) is 3.55. The van der Waals surface area contributed by atoms with Crippen LogP contribution >= 0.6 is 34.2 Å². The van der Waals surface area contributed by atoms with E-state index in [2.05, 4.69) is 4.74 Å². The van der Waals surface area contributed by atoms with Gasteiger partial charge in [0.05, 0.1) is 9.13 Å². The Morgan fingerprint density at radius 3 is 2.47 bits per heavy atom. The molecule has 0 saturated heterocycles. The summed E-state index contributed by atoms with van der Waals surface area (Å²) in [6.07, 6.45) is -4.84. The molecule has 0 aliphatic carbocycles. The molecule has 0 aromatic heterocycles. The highest BCUT2D eigenvalue weighted by atomic mass is 127. The van der Waals surface area contributed by atoms with E-state index in [0.717, 1.165) is 0 Å². The lowest BCUT2D eigenvalue weighted by Gasteiger charge is -2.12. The predicted molar refractivity (Wildman–Crippen MR) is 56.0 cm³/mol. The SMILES string of the molecule is O=C(Cl)c1cccc(I)c1OC(F)(F)F. The second-order valence-corrected chi connectivity index (χ2v) is 3.94. The van der Waals surface area contributed by atoms with E-state index in [4.69, 9.17) is 11.6 Å². The summed E-state index contributed by atoms with van der Waals surface area (Å²) in [6.45, 7) is 0. The van der Waals surface area contributed by atoms with E-state index in [9.17, 15) is 18.0 Å². The summed E-state index contributed by atoms with van der Waals surface area (Å²) in [5, 5.41) is -0.993. The summed E-state index contributed by atoms with van der Waals surface area (Å²) in [4.78, 5) is 10.8. The fourth-order valence-electron chi connectivity index (χ4n) is 0.883. The zero-order chi connectivity index (χ0) is 11.6. The molecule has 0 heterocycles. The lowest BCUT2D eigenvalue weighted by Crippen LogP contribution is -2.19. The third-order valence-electron chi connectivity index (χ3n) is 1.40. The van der Waals surface area contributed by atoms with Gasteiger partial charge in [0.25, 0.3) is 5.24 Å². The molecule has 0 amide bonds. The average molecular weight is 350 g/mol. The monoisotopic (exact) mass is 350 g/mol.